The molecule has 0 aromatic heterocycles. The highest BCUT2D eigenvalue weighted by atomic mass is 16.5. The van der Waals surface area contributed by atoms with Crippen molar-refractivity contribution in [1.82, 2.24) is 4.90 Å². The van der Waals surface area contributed by atoms with Gasteiger partial charge in [0.25, 0.3) is 5.91 Å². The molecule has 1 N–H and O–H groups in total. The fourth-order valence-electron chi connectivity index (χ4n) is 1.59. The molecule has 1 amide bonds. The molecule has 0 aliphatic carbocycles. The quantitative estimate of drug-likeness (QED) is 0.855. The van der Waals surface area contributed by atoms with E-state index < -0.39 is 0 Å². The van der Waals surface area contributed by atoms with Crippen molar-refractivity contribution in [2.24, 2.45) is 0 Å². The number of phenols is 1. The van der Waals surface area contributed by atoms with E-state index in [1.54, 1.807) is 25.2 Å². The highest BCUT2D eigenvalue weighted by molar-refractivity contribution is 5.97. The molecule has 5 nitrogen and oxygen atoms in total. The van der Waals surface area contributed by atoms with Gasteiger partial charge in [0.1, 0.15) is 0 Å². The predicted octanol–water partition coefficient (Wildman–Crippen LogP) is 1.90. The molecule has 1 aromatic carbocycles. The van der Waals surface area contributed by atoms with Gasteiger partial charge in [-0.05, 0) is 26.0 Å². The van der Waals surface area contributed by atoms with E-state index >= 15 is 0 Å². The molecule has 0 saturated heterocycles. The first-order valence-corrected chi connectivity index (χ1v) is 6.20. The van der Waals surface area contributed by atoms with Crippen LogP contribution >= 0.6 is 0 Å². The molecule has 5 heteroatoms. The lowest BCUT2D eigenvalue weighted by Gasteiger charge is -2.19. The predicted molar refractivity (Wildman–Crippen MR) is 72.7 cm³/mol. The summed E-state index contributed by atoms with van der Waals surface area (Å²) in [7, 11) is 3.12. The number of methoxy groups -OCH3 is 1. The van der Waals surface area contributed by atoms with Crippen LogP contribution in [-0.4, -0.2) is 49.3 Å². The maximum atomic E-state index is 12.2. The molecule has 19 heavy (non-hydrogen) atoms. The zero-order valence-electron chi connectivity index (χ0n) is 11.8. The second-order valence-corrected chi connectivity index (χ2v) is 4.50. The van der Waals surface area contributed by atoms with Gasteiger partial charge in [0.05, 0.1) is 25.4 Å². The first kappa shape index (κ1) is 15.3. The van der Waals surface area contributed by atoms with E-state index in [0.29, 0.717) is 13.2 Å². The monoisotopic (exact) mass is 267 g/mol. The topological polar surface area (TPSA) is 59.0 Å². The molecule has 0 bridgehead atoms. The fraction of sp³-hybridized carbons (Fsp3) is 0.500. The van der Waals surface area contributed by atoms with Gasteiger partial charge in [-0.1, -0.05) is 6.07 Å². The standard InChI is InChI=1S/C14H21NO4/c1-10(2)19-9-8-15(3)14(17)11-6-5-7-12(18-4)13(11)16/h5-7,10,16H,8-9H2,1-4H3. The minimum Gasteiger partial charge on any atom is -0.504 e. The molecule has 0 fully saturated rings. The molecule has 0 aliphatic rings. The summed E-state index contributed by atoms with van der Waals surface area (Å²) in [6.45, 7) is 4.81. The van der Waals surface area contributed by atoms with Crippen LogP contribution in [0.5, 0.6) is 11.5 Å². The smallest absolute Gasteiger partial charge is 0.257 e. The van der Waals surface area contributed by atoms with Gasteiger partial charge < -0.3 is 19.5 Å². The van der Waals surface area contributed by atoms with Gasteiger partial charge in [0.15, 0.2) is 11.5 Å². The van der Waals surface area contributed by atoms with Gasteiger partial charge in [-0.3, -0.25) is 4.79 Å². The van der Waals surface area contributed by atoms with Gasteiger partial charge >= 0.3 is 0 Å². The Morgan fingerprint density at radius 3 is 2.68 bits per heavy atom. The first-order chi connectivity index (χ1) is 8.97. The fourth-order valence-corrected chi connectivity index (χ4v) is 1.59. The SMILES string of the molecule is COc1cccc(C(=O)N(C)CCOC(C)C)c1O. The Labute approximate surface area is 113 Å². The van der Waals surface area contributed by atoms with Gasteiger partial charge in [-0.15, -0.1) is 0 Å². The van der Waals surface area contributed by atoms with Gasteiger partial charge in [-0.25, -0.2) is 0 Å². The molecule has 0 saturated carbocycles. The molecule has 1 aromatic rings. The number of benzene rings is 1. The Hall–Kier alpha value is -1.75. The van der Waals surface area contributed by atoms with Crippen LogP contribution in [-0.2, 0) is 4.74 Å². The lowest BCUT2D eigenvalue weighted by molar-refractivity contribution is 0.0530. The van der Waals surface area contributed by atoms with Crippen molar-refractivity contribution in [3.63, 3.8) is 0 Å². The number of ether oxygens (including phenoxy) is 2. The molecule has 106 valence electrons. The molecule has 0 atom stereocenters. The Morgan fingerprint density at radius 1 is 1.42 bits per heavy atom. The molecule has 0 radical (unpaired) electrons. The lowest BCUT2D eigenvalue weighted by Crippen LogP contribution is -2.30. The van der Waals surface area contributed by atoms with Gasteiger partial charge in [0, 0.05) is 13.6 Å². The van der Waals surface area contributed by atoms with Crippen molar-refractivity contribution < 1.29 is 19.4 Å². The summed E-state index contributed by atoms with van der Waals surface area (Å²) in [5.74, 6) is -0.104. The largest absolute Gasteiger partial charge is 0.504 e. The van der Waals surface area contributed by atoms with E-state index in [0.717, 1.165) is 0 Å². The van der Waals surface area contributed by atoms with Crippen molar-refractivity contribution >= 4 is 5.91 Å². The highest BCUT2D eigenvalue weighted by Gasteiger charge is 2.18. The average molecular weight is 267 g/mol. The second-order valence-electron chi connectivity index (χ2n) is 4.50. The zero-order chi connectivity index (χ0) is 14.4. The van der Waals surface area contributed by atoms with Crippen molar-refractivity contribution in [1.29, 1.82) is 0 Å². The number of rotatable bonds is 6. The first-order valence-electron chi connectivity index (χ1n) is 6.20. The van der Waals surface area contributed by atoms with Crippen LogP contribution in [0.25, 0.3) is 0 Å². The van der Waals surface area contributed by atoms with E-state index in [2.05, 4.69) is 0 Å². The summed E-state index contributed by atoms with van der Waals surface area (Å²) in [6.07, 6.45) is 0.133. The number of hydrogen-bond acceptors (Lipinski definition) is 4. The number of amides is 1. The summed E-state index contributed by atoms with van der Waals surface area (Å²) in [5, 5.41) is 9.92. The molecular weight excluding hydrogens is 246 g/mol. The third-order valence-corrected chi connectivity index (χ3v) is 2.67. The zero-order valence-corrected chi connectivity index (χ0v) is 11.8. The molecule has 1 rings (SSSR count). The molecular formula is C14H21NO4. The van der Waals surface area contributed by atoms with Crippen LogP contribution in [0.2, 0.25) is 0 Å². The summed E-state index contributed by atoms with van der Waals surface area (Å²) < 4.78 is 10.4. The second kappa shape index (κ2) is 6.99. The van der Waals surface area contributed by atoms with Crippen molar-refractivity contribution in [2.45, 2.75) is 20.0 Å². The maximum absolute atomic E-state index is 12.2. The summed E-state index contributed by atoms with van der Waals surface area (Å²) in [4.78, 5) is 13.7. The third-order valence-electron chi connectivity index (χ3n) is 2.67. The van der Waals surface area contributed by atoms with E-state index in [4.69, 9.17) is 9.47 Å². The summed E-state index contributed by atoms with van der Waals surface area (Å²) >= 11 is 0. The van der Waals surface area contributed by atoms with Crippen LogP contribution < -0.4 is 4.74 Å². The Balaban J connectivity index is 2.71. The Morgan fingerprint density at radius 2 is 2.11 bits per heavy atom. The van der Waals surface area contributed by atoms with Crippen molar-refractivity contribution in [3.05, 3.63) is 23.8 Å². The van der Waals surface area contributed by atoms with Crippen LogP contribution in [0.1, 0.15) is 24.2 Å². The lowest BCUT2D eigenvalue weighted by atomic mass is 10.1. The number of likely N-dealkylation sites (N-methyl/N-ethyl adjacent to an activating group) is 1. The number of hydrogen-bond donors (Lipinski definition) is 1. The molecule has 0 spiro atoms. The number of para-hydroxylation sites is 1. The highest BCUT2D eigenvalue weighted by Crippen LogP contribution is 2.29. The van der Waals surface area contributed by atoms with Crippen molar-refractivity contribution in [2.75, 3.05) is 27.3 Å². The van der Waals surface area contributed by atoms with Gasteiger partial charge in [0.2, 0.25) is 0 Å². The summed E-state index contributed by atoms with van der Waals surface area (Å²) in [6, 6.07) is 4.85. The normalized spacial score (nSPS) is 10.6. The Bertz CT molecular complexity index is 431. The minimum atomic E-state index is -0.260. The third kappa shape index (κ3) is 4.13. The number of carbonyl (C=O) groups is 1. The Kier molecular flexibility index (Phi) is 5.63. The minimum absolute atomic E-state index is 0.133. The van der Waals surface area contributed by atoms with Crippen LogP contribution in [0.15, 0.2) is 18.2 Å². The number of phenolic OH excluding ortho intramolecular Hbond substituents is 1. The van der Waals surface area contributed by atoms with Crippen molar-refractivity contribution in [3.8, 4) is 11.5 Å². The molecule has 0 heterocycles. The van der Waals surface area contributed by atoms with E-state index in [1.807, 2.05) is 13.8 Å². The van der Waals surface area contributed by atoms with E-state index in [1.165, 1.54) is 12.0 Å². The number of aromatic hydroxyl groups is 1. The van der Waals surface area contributed by atoms with E-state index in [-0.39, 0.29) is 29.1 Å². The van der Waals surface area contributed by atoms with Crippen LogP contribution in [0.4, 0.5) is 0 Å². The number of nitrogens with zero attached hydrogens (tertiary/aromatic N) is 1. The molecule has 0 aliphatic heterocycles. The number of carbonyl (C=O) groups excluding carboxylic acids is 1. The maximum Gasteiger partial charge on any atom is 0.257 e. The van der Waals surface area contributed by atoms with Crippen LogP contribution in [0, 0.1) is 0 Å². The molecule has 0 unspecified atom stereocenters. The van der Waals surface area contributed by atoms with E-state index in [9.17, 15) is 9.90 Å². The average Bonchev–Trinajstić information content (AvgIpc) is 2.37. The van der Waals surface area contributed by atoms with Crippen LogP contribution in [0.3, 0.4) is 0 Å². The van der Waals surface area contributed by atoms with Gasteiger partial charge in [-0.2, -0.15) is 0 Å². The summed E-state index contributed by atoms with van der Waals surface area (Å²) in [5.41, 5.74) is 0.228.